The molecule has 5 heteroatoms. The number of rotatable bonds is 5. The lowest BCUT2D eigenvalue weighted by molar-refractivity contribution is -0.116. The van der Waals surface area contributed by atoms with Crippen LogP contribution in [0.2, 0.25) is 0 Å². The minimum atomic E-state index is 0.0241. The molecule has 0 bridgehead atoms. The van der Waals surface area contributed by atoms with Crippen molar-refractivity contribution in [2.75, 3.05) is 5.32 Å². The van der Waals surface area contributed by atoms with Crippen LogP contribution >= 0.6 is 11.3 Å². The predicted molar refractivity (Wildman–Crippen MR) is 70.1 cm³/mol. The highest BCUT2D eigenvalue weighted by Crippen LogP contribution is 2.24. The van der Waals surface area contributed by atoms with Gasteiger partial charge < -0.3 is 5.32 Å². The van der Waals surface area contributed by atoms with Crippen LogP contribution in [0.4, 0.5) is 5.82 Å². The van der Waals surface area contributed by atoms with Gasteiger partial charge in [0.25, 0.3) is 0 Å². The molecule has 2 aromatic heterocycles. The van der Waals surface area contributed by atoms with Crippen LogP contribution in [0.25, 0.3) is 10.6 Å². The number of aromatic nitrogens is 2. The van der Waals surface area contributed by atoms with Gasteiger partial charge >= 0.3 is 0 Å². The number of nitrogens with zero attached hydrogens (tertiary/aromatic N) is 1. The SMILES string of the molecule is CCCCC(=O)Nc1cc(-c2cccs2)[nH]n1. The van der Waals surface area contributed by atoms with Crippen LogP contribution in [0.5, 0.6) is 0 Å². The zero-order valence-corrected chi connectivity index (χ0v) is 10.5. The van der Waals surface area contributed by atoms with Crippen molar-refractivity contribution < 1.29 is 4.79 Å². The average molecular weight is 249 g/mol. The summed E-state index contributed by atoms with van der Waals surface area (Å²) in [7, 11) is 0. The van der Waals surface area contributed by atoms with E-state index in [1.807, 2.05) is 23.6 Å². The van der Waals surface area contributed by atoms with Crippen LogP contribution in [0, 0.1) is 0 Å². The van der Waals surface area contributed by atoms with Crippen LogP contribution < -0.4 is 5.32 Å². The van der Waals surface area contributed by atoms with Crippen molar-refractivity contribution in [2.45, 2.75) is 26.2 Å². The summed E-state index contributed by atoms with van der Waals surface area (Å²) >= 11 is 1.64. The molecule has 0 aliphatic heterocycles. The molecule has 0 unspecified atom stereocenters. The highest BCUT2D eigenvalue weighted by molar-refractivity contribution is 7.13. The lowest BCUT2D eigenvalue weighted by atomic mass is 10.2. The quantitative estimate of drug-likeness (QED) is 0.854. The molecule has 0 saturated heterocycles. The second kappa shape index (κ2) is 5.63. The van der Waals surface area contributed by atoms with E-state index in [-0.39, 0.29) is 5.91 Å². The molecule has 2 aromatic rings. The molecule has 4 nitrogen and oxygen atoms in total. The van der Waals surface area contributed by atoms with Gasteiger partial charge in [-0.2, -0.15) is 5.10 Å². The highest BCUT2D eigenvalue weighted by Gasteiger charge is 2.07. The number of hydrogen-bond acceptors (Lipinski definition) is 3. The number of unbranched alkanes of at least 4 members (excludes halogenated alkanes) is 1. The van der Waals surface area contributed by atoms with E-state index in [2.05, 4.69) is 22.4 Å². The molecule has 2 N–H and O–H groups in total. The zero-order valence-electron chi connectivity index (χ0n) is 9.69. The third-order valence-electron chi connectivity index (χ3n) is 2.39. The maximum Gasteiger partial charge on any atom is 0.225 e. The fraction of sp³-hybridized carbons (Fsp3) is 0.333. The van der Waals surface area contributed by atoms with Crippen LogP contribution in [-0.2, 0) is 4.79 Å². The summed E-state index contributed by atoms with van der Waals surface area (Å²) in [5.41, 5.74) is 0.936. The number of hydrogen-bond donors (Lipinski definition) is 2. The van der Waals surface area contributed by atoms with Crippen molar-refractivity contribution >= 4 is 23.1 Å². The summed E-state index contributed by atoms with van der Waals surface area (Å²) in [6.45, 7) is 2.07. The number of aromatic amines is 1. The summed E-state index contributed by atoms with van der Waals surface area (Å²) in [6.07, 6.45) is 2.49. The topological polar surface area (TPSA) is 57.8 Å². The molecule has 2 rings (SSSR count). The second-order valence-electron chi connectivity index (χ2n) is 3.80. The Morgan fingerprint density at radius 1 is 1.59 bits per heavy atom. The van der Waals surface area contributed by atoms with Gasteiger partial charge in [-0.25, -0.2) is 0 Å². The van der Waals surface area contributed by atoms with E-state index in [4.69, 9.17) is 0 Å². The van der Waals surface area contributed by atoms with Crippen LogP contribution in [0.1, 0.15) is 26.2 Å². The molecule has 1 amide bonds. The Morgan fingerprint density at radius 2 is 2.47 bits per heavy atom. The largest absolute Gasteiger partial charge is 0.309 e. The molecule has 0 radical (unpaired) electrons. The van der Waals surface area contributed by atoms with Crippen molar-refractivity contribution in [1.82, 2.24) is 10.2 Å². The summed E-state index contributed by atoms with van der Waals surface area (Å²) in [5, 5.41) is 11.8. The number of carbonyl (C=O) groups is 1. The highest BCUT2D eigenvalue weighted by atomic mass is 32.1. The van der Waals surface area contributed by atoms with Gasteiger partial charge in [-0.1, -0.05) is 19.4 Å². The smallest absolute Gasteiger partial charge is 0.225 e. The normalized spacial score (nSPS) is 10.4. The van der Waals surface area contributed by atoms with Crippen LogP contribution in [0.15, 0.2) is 23.6 Å². The molecule has 0 fully saturated rings. The summed E-state index contributed by atoms with van der Waals surface area (Å²) in [6, 6.07) is 5.86. The molecule has 0 aliphatic rings. The number of nitrogens with one attached hydrogen (secondary N) is 2. The van der Waals surface area contributed by atoms with Crippen LogP contribution in [0.3, 0.4) is 0 Å². The molecular formula is C12H15N3OS. The van der Waals surface area contributed by atoms with E-state index in [1.54, 1.807) is 11.3 Å². The lowest BCUT2D eigenvalue weighted by Gasteiger charge is -1.99. The third-order valence-corrected chi connectivity index (χ3v) is 3.29. The van der Waals surface area contributed by atoms with Crippen molar-refractivity contribution in [1.29, 1.82) is 0 Å². The first-order chi connectivity index (χ1) is 8.29. The first-order valence-electron chi connectivity index (χ1n) is 5.68. The minimum absolute atomic E-state index is 0.0241. The number of amides is 1. The van der Waals surface area contributed by atoms with Gasteiger partial charge in [-0.3, -0.25) is 9.89 Å². The van der Waals surface area contributed by atoms with Crippen molar-refractivity contribution in [3.05, 3.63) is 23.6 Å². The van der Waals surface area contributed by atoms with E-state index < -0.39 is 0 Å². The van der Waals surface area contributed by atoms with Gasteiger partial charge in [0.2, 0.25) is 5.91 Å². The Kier molecular flexibility index (Phi) is 3.93. The number of thiophene rings is 1. The standard InChI is InChI=1S/C12H15N3OS/c1-2-3-6-12(16)13-11-8-9(14-15-11)10-5-4-7-17-10/h4-5,7-8H,2-3,6H2,1H3,(H2,13,14,15,16). The third kappa shape index (κ3) is 3.17. The Bertz CT molecular complexity index is 476. The monoisotopic (exact) mass is 249 g/mol. The van der Waals surface area contributed by atoms with Gasteiger partial charge in [-0.15, -0.1) is 11.3 Å². The minimum Gasteiger partial charge on any atom is -0.309 e. The van der Waals surface area contributed by atoms with E-state index in [9.17, 15) is 4.79 Å². The Labute approximate surface area is 104 Å². The molecule has 0 aliphatic carbocycles. The molecule has 0 atom stereocenters. The summed E-state index contributed by atoms with van der Waals surface area (Å²) in [4.78, 5) is 12.6. The number of H-pyrrole nitrogens is 1. The Morgan fingerprint density at radius 3 is 3.18 bits per heavy atom. The van der Waals surface area contributed by atoms with E-state index in [0.717, 1.165) is 23.4 Å². The number of carbonyl (C=O) groups excluding carboxylic acids is 1. The Hall–Kier alpha value is -1.62. The van der Waals surface area contributed by atoms with Crippen molar-refractivity contribution in [3.8, 4) is 10.6 Å². The van der Waals surface area contributed by atoms with Gasteiger partial charge in [0.1, 0.15) is 0 Å². The fourth-order valence-electron chi connectivity index (χ4n) is 1.49. The first-order valence-corrected chi connectivity index (χ1v) is 6.56. The maximum absolute atomic E-state index is 11.5. The van der Waals surface area contributed by atoms with Crippen molar-refractivity contribution in [3.63, 3.8) is 0 Å². The van der Waals surface area contributed by atoms with Gasteiger partial charge in [0.15, 0.2) is 5.82 Å². The molecule has 0 saturated carbocycles. The second-order valence-corrected chi connectivity index (χ2v) is 4.74. The van der Waals surface area contributed by atoms with Gasteiger partial charge in [-0.05, 0) is 17.9 Å². The predicted octanol–water partition coefficient (Wildman–Crippen LogP) is 3.27. The van der Waals surface area contributed by atoms with E-state index in [0.29, 0.717) is 12.2 Å². The van der Waals surface area contributed by atoms with E-state index >= 15 is 0 Å². The Balaban J connectivity index is 1.97. The van der Waals surface area contributed by atoms with Crippen molar-refractivity contribution in [2.24, 2.45) is 0 Å². The molecule has 90 valence electrons. The molecule has 2 heterocycles. The fourth-order valence-corrected chi connectivity index (χ4v) is 2.18. The molecular weight excluding hydrogens is 234 g/mol. The van der Waals surface area contributed by atoms with Gasteiger partial charge in [0, 0.05) is 12.5 Å². The average Bonchev–Trinajstić information content (AvgIpc) is 2.95. The molecule has 17 heavy (non-hydrogen) atoms. The van der Waals surface area contributed by atoms with E-state index in [1.165, 1.54) is 0 Å². The lowest BCUT2D eigenvalue weighted by Crippen LogP contribution is -2.11. The first kappa shape index (κ1) is 11.9. The molecule has 0 aromatic carbocycles. The van der Waals surface area contributed by atoms with Crippen LogP contribution in [-0.4, -0.2) is 16.1 Å². The zero-order chi connectivity index (χ0) is 12.1. The summed E-state index contributed by atoms with van der Waals surface area (Å²) in [5.74, 6) is 0.616. The number of anilines is 1. The van der Waals surface area contributed by atoms with Gasteiger partial charge in [0.05, 0.1) is 10.6 Å². The summed E-state index contributed by atoms with van der Waals surface area (Å²) < 4.78 is 0. The molecule has 0 spiro atoms. The maximum atomic E-state index is 11.5.